The first kappa shape index (κ1) is 17.4. The van der Waals surface area contributed by atoms with Crippen LogP contribution in [-0.4, -0.2) is 35.8 Å². The summed E-state index contributed by atoms with van der Waals surface area (Å²) < 4.78 is 13.9. The molecule has 0 unspecified atom stereocenters. The summed E-state index contributed by atoms with van der Waals surface area (Å²) in [6.45, 7) is 4.18. The Kier molecular flexibility index (Phi) is 4.77. The molecule has 1 heterocycles. The molecule has 1 atom stereocenters. The van der Waals surface area contributed by atoms with E-state index in [2.05, 4.69) is 0 Å². The van der Waals surface area contributed by atoms with Gasteiger partial charge in [-0.3, -0.25) is 9.59 Å². The average molecular weight is 361 g/mol. The molecule has 130 valence electrons. The minimum Gasteiger partial charge on any atom is -0.325 e. The first-order valence-corrected chi connectivity index (χ1v) is 8.41. The number of hydrogen-bond donors (Lipinski definition) is 0. The number of rotatable bonds is 2. The van der Waals surface area contributed by atoms with Gasteiger partial charge in [0.2, 0.25) is 5.91 Å². The van der Waals surface area contributed by atoms with Gasteiger partial charge in [-0.15, -0.1) is 0 Å². The molecule has 3 rings (SSSR count). The van der Waals surface area contributed by atoms with Gasteiger partial charge in [0.25, 0.3) is 5.91 Å². The summed E-state index contributed by atoms with van der Waals surface area (Å²) in [4.78, 5) is 28.5. The molecule has 1 aliphatic rings. The molecule has 6 heteroatoms. The largest absolute Gasteiger partial charge is 0.325 e. The third-order valence-corrected chi connectivity index (χ3v) is 4.96. The zero-order chi connectivity index (χ0) is 18.1. The van der Waals surface area contributed by atoms with Gasteiger partial charge in [0.15, 0.2) is 0 Å². The van der Waals surface area contributed by atoms with E-state index in [9.17, 15) is 14.0 Å². The van der Waals surface area contributed by atoms with E-state index >= 15 is 0 Å². The molecule has 25 heavy (non-hydrogen) atoms. The summed E-state index contributed by atoms with van der Waals surface area (Å²) in [7, 11) is 0. The highest BCUT2D eigenvalue weighted by molar-refractivity contribution is 6.31. The standard InChI is InChI=1S/C19H18ClFN2O2/c1-12-15(20)7-5-9-17(12)23-11-10-22(13(2)18(23)24)19(25)14-6-3-4-8-16(14)21/h3-9,13H,10-11H2,1-2H3/t13-/m0/s1. The lowest BCUT2D eigenvalue weighted by atomic mass is 10.1. The molecule has 0 bridgehead atoms. The smallest absolute Gasteiger partial charge is 0.257 e. The van der Waals surface area contributed by atoms with E-state index in [4.69, 9.17) is 11.6 Å². The number of hydrogen-bond acceptors (Lipinski definition) is 2. The quantitative estimate of drug-likeness (QED) is 0.820. The van der Waals surface area contributed by atoms with Crippen LogP contribution in [0.2, 0.25) is 5.02 Å². The summed E-state index contributed by atoms with van der Waals surface area (Å²) in [5, 5.41) is 0.586. The Morgan fingerprint density at radius 3 is 2.60 bits per heavy atom. The molecule has 0 aliphatic carbocycles. The van der Waals surface area contributed by atoms with Crippen molar-refractivity contribution in [1.82, 2.24) is 4.90 Å². The molecule has 1 fully saturated rings. The number of anilines is 1. The molecule has 0 N–H and O–H groups in total. The lowest BCUT2D eigenvalue weighted by Gasteiger charge is -2.39. The van der Waals surface area contributed by atoms with Crippen LogP contribution < -0.4 is 4.90 Å². The number of benzene rings is 2. The third-order valence-electron chi connectivity index (χ3n) is 4.55. The summed E-state index contributed by atoms with van der Waals surface area (Å²) in [5.41, 5.74) is 1.54. The molecule has 0 spiro atoms. The Balaban J connectivity index is 1.86. The lowest BCUT2D eigenvalue weighted by Crippen LogP contribution is -2.58. The Hall–Kier alpha value is -2.40. The average Bonchev–Trinajstić information content (AvgIpc) is 2.60. The van der Waals surface area contributed by atoms with Crippen molar-refractivity contribution in [3.05, 3.63) is 64.4 Å². The van der Waals surface area contributed by atoms with Crippen molar-refractivity contribution in [1.29, 1.82) is 0 Å². The highest BCUT2D eigenvalue weighted by atomic mass is 35.5. The predicted octanol–water partition coefficient (Wildman–Crippen LogP) is 3.67. The van der Waals surface area contributed by atoms with Crippen molar-refractivity contribution in [3.8, 4) is 0 Å². The van der Waals surface area contributed by atoms with Gasteiger partial charge in [-0.2, -0.15) is 0 Å². The van der Waals surface area contributed by atoms with E-state index in [0.717, 1.165) is 11.3 Å². The fraction of sp³-hybridized carbons (Fsp3) is 0.263. The zero-order valence-electron chi connectivity index (χ0n) is 14.0. The molecule has 0 radical (unpaired) electrons. The van der Waals surface area contributed by atoms with Crippen molar-refractivity contribution < 1.29 is 14.0 Å². The fourth-order valence-electron chi connectivity index (χ4n) is 3.06. The van der Waals surface area contributed by atoms with E-state index < -0.39 is 17.8 Å². The van der Waals surface area contributed by atoms with Gasteiger partial charge < -0.3 is 9.80 Å². The van der Waals surface area contributed by atoms with Gasteiger partial charge in [0.05, 0.1) is 5.56 Å². The van der Waals surface area contributed by atoms with Crippen molar-refractivity contribution in [2.45, 2.75) is 19.9 Å². The van der Waals surface area contributed by atoms with Crippen molar-refractivity contribution in [2.24, 2.45) is 0 Å². The monoisotopic (exact) mass is 360 g/mol. The van der Waals surface area contributed by atoms with Crippen molar-refractivity contribution in [2.75, 3.05) is 18.0 Å². The molecular weight excluding hydrogens is 343 g/mol. The molecule has 1 aliphatic heterocycles. The number of piperazine rings is 1. The number of nitrogens with zero attached hydrogens (tertiary/aromatic N) is 2. The second kappa shape index (κ2) is 6.84. The second-order valence-corrected chi connectivity index (χ2v) is 6.44. The molecule has 2 aromatic rings. The van der Waals surface area contributed by atoms with Crippen LogP contribution in [0.5, 0.6) is 0 Å². The van der Waals surface area contributed by atoms with Gasteiger partial charge in [-0.05, 0) is 43.7 Å². The SMILES string of the molecule is Cc1c(Cl)cccc1N1CCN(C(=O)c2ccccc2F)[C@@H](C)C1=O. The summed E-state index contributed by atoms with van der Waals surface area (Å²) in [6.07, 6.45) is 0. The predicted molar refractivity (Wildman–Crippen MR) is 95.4 cm³/mol. The molecule has 1 saturated heterocycles. The first-order chi connectivity index (χ1) is 11.9. The third kappa shape index (κ3) is 3.12. The lowest BCUT2D eigenvalue weighted by molar-refractivity contribution is -0.124. The summed E-state index contributed by atoms with van der Waals surface area (Å²) in [6, 6.07) is 10.5. The Morgan fingerprint density at radius 2 is 1.88 bits per heavy atom. The summed E-state index contributed by atoms with van der Waals surface area (Å²) >= 11 is 6.15. The second-order valence-electron chi connectivity index (χ2n) is 6.03. The maximum atomic E-state index is 13.9. The van der Waals surface area contributed by atoms with Gasteiger partial charge >= 0.3 is 0 Å². The Labute approximate surface area is 150 Å². The van der Waals surface area contributed by atoms with Gasteiger partial charge in [0.1, 0.15) is 11.9 Å². The van der Waals surface area contributed by atoms with E-state index in [1.807, 2.05) is 13.0 Å². The van der Waals surface area contributed by atoms with E-state index in [-0.39, 0.29) is 11.5 Å². The number of amides is 2. The fourth-order valence-corrected chi connectivity index (χ4v) is 3.23. The van der Waals surface area contributed by atoms with E-state index in [1.54, 1.807) is 30.0 Å². The van der Waals surface area contributed by atoms with Crippen LogP contribution in [0.25, 0.3) is 0 Å². The molecular formula is C19H18ClFN2O2. The van der Waals surface area contributed by atoms with Crippen LogP contribution >= 0.6 is 11.6 Å². The molecule has 2 aromatic carbocycles. The molecule has 2 amide bonds. The van der Waals surface area contributed by atoms with E-state index in [0.29, 0.717) is 18.1 Å². The highest BCUT2D eigenvalue weighted by Gasteiger charge is 2.36. The van der Waals surface area contributed by atoms with Crippen molar-refractivity contribution in [3.63, 3.8) is 0 Å². The minimum absolute atomic E-state index is 0.0189. The number of carbonyl (C=O) groups is 2. The van der Waals surface area contributed by atoms with Crippen LogP contribution in [0, 0.1) is 12.7 Å². The van der Waals surface area contributed by atoms with Crippen LogP contribution in [0.4, 0.5) is 10.1 Å². The van der Waals surface area contributed by atoms with E-state index in [1.165, 1.54) is 23.1 Å². The molecule has 4 nitrogen and oxygen atoms in total. The van der Waals surface area contributed by atoms with Crippen LogP contribution in [0.1, 0.15) is 22.8 Å². The highest BCUT2D eigenvalue weighted by Crippen LogP contribution is 2.29. The van der Waals surface area contributed by atoms with Crippen LogP contribution in [0.15, 0.2) is 42.5 Å². The summed E-state index contributed by atoms with van der Waals surface area (Å²) in [5.74, 6) is -1.26. The Bertz CT molecular complexity index is 840. The molecule has 0 saturated carbocycles. The maximum Gasteiger partial charge on any atom is 0.257 e. The normalized spacial score (nSPS) is 17.8. The van der Waals surface area contributed by atoms with Gasteiger partial charge in [-0.25, -0.2) is 4.39 Å². The first-order valence-electron chi connectivity index (χ1n) is 8.04. The van der Waals surface area contributed by atoms with Gasteiger partial charge in [-0.1, -0.05) is 29.8 Å². The number of carbonyl (C=O) groups excluding carboxylic acids is 2. The minimum atomic E-state index is -0.681. The van der Waals surface area contributed by atoms with Crippen LogP contribution in [0.3, 0.4) is 0 Å². The topological polar surface area (TPSA) is 40.6 Å². The maximum absolute atomic E-state index is 13.9. The molecule has 0 aromatic heterocycles. The Morgan fingerprint density at radius 1 is 1.16 bits per heavy atom. The van der Waals surface area contributed by atoms with Crippen molar-refractivity contribution >= 4 is 29.1 Å². The van der Waals surface area contributed by atoms with Gasteiger partial charge in [0, 0.05) is 23.8 Å². The zero-order valence-corrected chi connectivity index (χ0v) is 14.8. The number of halogens is 2. The van der Waals surface area contributed by atoms with Crippen LogP contribution in [-0.2, 0) is 4.79 Å².